The highest BCUT2D eigenvalue weighted by molar-refractivity contribution is 7.16. The molecule has 1 heterocycles. The van der Waals surface area contributed by atoms with E-state index in [-0.39, 0.29) is 6.61 Å². The molecule has 4 nitrogen and oxygen atoms in total. The zero-order valence-corrected chi connectivity index (χ0v) is 15.5. The summed E-state index contributed by atoms with van der Waals surface area (Å²) in [6.45, 7) is 1.97. The summed E-state index contributed by atoms with van der Waals surface area (Å²) in [6.07, 6.45) is 0.643. The van der Waals surface area contributed by atoms with Gasteiger partial charge in [-0.3, -0.25) is 4.79 Å². The second-order valence-corrected chi connectivity index (χ2v) is 6.94. The summed E-state index contributed by atoms with van der Waals surface area (Å²) in [7, 11) is 0. The van der Waals surface area contributed by atoms with Gasteiger partial charge in [-0.05, 0) is 42.8 Å². The van der Waals surface area contributed by atoms with Gasteiger partial charge < -0.3 is 10.1 Å². The molecule has 138 valence electrons. The first-order chi connectivity index (χ1) is 13.1. The molecule has 1 N–H and O–H groups in total. The average molecular weight is 383 g/mol. The van der Waals surface area contributed by atoms with E-state index in [0.717, 1.165) is 10.4 Å². The molecule has 0 atom stereocenters. The molecular weight excluding hydrogens is 365 g/mol. The van der Waals surface area contributed by atoms with Crippen molar-refractivity contribution in [3.8, 4) is 0 Å². The van der Waals surface area contributed by atoms with Crippen LogP contribution >= 0.6 is 11.3 Å². The lowest BCUT2D eigenvalue weighted by Gasteiger charge is -2.06. The summed E-state index contributed by atoms with van der Waals surface area (Å²) in [6, 6.07) is 16.8. The minimum atomic E-state index is -0.484. The van der Waals surface area contributed by atoms with E-state index in [1.54, 1.807) is 13.0 Å². The highest BCUT2D eigenvalue weighted by atomic mass is 32.1. The molecule has 3 aromatic rings. The zero-order chi connectivity index (χ0) is 19.2. The summed E-state index contributed by atoms with van der Waals surface area (Å²) < 4.78 is 18.2. The first-order valence-corrected chi connectivity index (χ1v) is 9.29. The molecule has 0 bridgehead atoms. The molecule has 0 saturated carbocycles. The van der Waals surface area contributed by atoms with E-state index in [2.05, 4.69) is 5.32 Å². The Kier molecular flexibility index (Phi) is 5.98. The van der Waals surface area contributed by atoms with Crippen LogP contribution in [0.1, 0.15) is 38.1 Å². The van der Waals surface area contributed by atoms with Crippen LogP contribution in [0, 0.1) is 5.82 Å². The van der Waals surface area contributed by atoms with Crippen LogP contribution in [0.25, 0.3) is 0 Å². The van der Waals surface area contributed by atoms with Gasteiger partial charge in [0.05, 0.1) is 12.2 Å². The lowest BCUT2D eigenvalue weighted by molar-refractivity contribution is 0.0528. The number of ether oxygens (including phenoxy) is 1. The van der Waals surface area contributed by atoms with Crippen LogP contribution in [0.2, 0.25) is 0 Å². The molecule has 0 aliphatic carbocycles. The maximum atomic E-state index is 13.1. The zero-order valence-electron chi connectivity index (χ0n) is 14.7. The van der Waals surface area contributed by atoms with Gasteiger partial charge in [-0.1, -0.05) is 30.3 Å². The fraction of sp³-hybridized carbons (Fsp3) is 0.143. The highest BCUT2D eigenvalue weighted by Crippen LogP contribution is 2.31. The summed E-state index contributed by atoms with van der Waals surface area (Å²) in [5, 5.41) is 3.17. The number of rotatable bonds is 6. The summed E-state index contributed by atoms with van der Waals surface area (Å²) in [4.78, 5) is 25.7. The molecule has 27 heavy (non-hydrogen) atoms. The molecule has 0 saturated heterocycles. The van der Waals surface area contributed by atoms with Crippen molar-refractivity contribution < 1.29 is 18.7 Å². The number of esters is 1. The van der Waals surface area contributed by atoms with Crippen molar-refractivity contribution in [2.24, 2.45) is 0 Å². The van der Waals surface area contributed by atoms with Crippen LogP contribution in [-0.4, -0.2) is 18.5 Å². The van der Waals surface area contributed by atoms with Crippen LogP contribution in [0.15, 0.2) is 60.7 Å². The number of benzene rings is 2. The Morgan fingerprint density at radius 3 is 2.44 bits per heavy atom. The number of anilines is 1. The van der Waals surface area contributed by atoms with Crippen LogP contribution in [0.3, 0.4) is 0 Å². The van der Waals surface area contributed by atoms with E-state index in [1.807, 2.05) is 30.3 Å². The number of carbonyl (C=O) groups is 2. The number of hydrogen-bond acceptors (Lipinski definition) is 4. The Labute approximate surface area is 160 Å². The molecular formula is C21H18FNO3S. The predicted octanol–water partition coefficient (Wildman–Crippen LogP) is 4.91. The molecule has 1 aromatic heterocycles. The fourth-order valence-electron chi connectivity index (χ4n) is 2.56. The van der Waals surface area contributed by atoms with Crippen LogP contribution in [-0.2, 0) is 11.2 Å². The molecule has 6 heteroatoms. The normalized spacial score (nSPS) is 10.4. The van der Waals surface area contributed by atoms with Crippen molar-refractivity contribution in [3.05, 3.63) is 88.0 Å². The van der Waals surface area contributed by atoms with Gasteiger partial charge in [-0.15, -0.1) is 11.3 Å². The highest BCUT2D eigenvalue weighted by Gasteiger charge is 2.20. The van der Waals surface area contributed by atoms with Gasteiger partial charge in [-0.25, -0.2) is 9.18 Å². The Bertz CT molecular complexity index is 936. The third-order valence-electron chi connectivity index (χ3n) is 3.83. The SMILES string of the molecule is CCOC(=O)c1cc(Cc2ccccc2)sc1NC(=O)c1ccc(F)cc1. The molecule has 1 amide bonds. The lowest BCUT2D eigenvalue weighted by Crippen LogP contribution is -2.14. The standard InChI is InChI=1S/C21H18FNO3S/c1-2-26-21(25)18-13-17(12-14-6-4-3-5-7-14)27-20(18)23-19(24)15-8-10-16(22)11-9-15/h3-11,13H,2,12H2,1H3,(H,23,24). The number of thiophene rings is 1. The van der Waals surface area contributed by atoms with Gasteiger partial charge in [0.25, 0.3) is 5.91 Å². The fourth-order valence-corrected chi connectivity index (χ4v) is 3.63. The largest absolute Gasteiger partial charge is 0.462 e. The van der Waals surface area contributed by atoms with Gasteiger partial charge in [0, 0.05) is 16.9 Å². The van der Waals surface area contributed by atoms with Gasteiger partial charge in [-0.2, -0.15) is 0 Å². The number of hydrogen-bond donors (Lipinski definition) is 1. The van der Waals surface area contributed by atoms with Gasteiger partial charge in [0.15, 0.2) is 0 Å². The van der Waals surface area contributed by atoms with Crippen molar-refractivity contribution in [2.45, 2.75) is 13.3 Å². The molecule has 3 rings (SSSR count). The summed E-state index contributed by atoms with van der Waals surface area (Å²) in [5.41, 5.74) is 1.73. The van der Waals surface area contributed by atoms with E-state index in [0.29, 0.717) is 22.5 Å². The molecule has 0 spiro atoms. The van der Waals surface area contributed by atoms with E-state index in [4.69, 9.17) is 4.74 Å². The smallest absolute Gasteiger partial charge is 0.341 e. The molecule has 0 radical (unpaired) electrons. The number of halogens is 1. The Morgan fingerprint density at radius 1 is 1.07 bits per heavy atom. The molecule has 0 aliphatic heterocycles. The number of nitrogens with one attached hydrogen (secondary N) is 1. The predicted molar refractivity (Wildman–Crippen MR) is 104 cm³/mol. The summed E-state index contributed by atoms with van der Waals surface area (Å²) in [5.74, 6) is -1.31. The third kappa shape index (κ3) is 4.80. The number of carbonyl (C=O) groups excluding carboxylic acids is 2. The van der Waals surface area contributed by atoms with Gasteiger partial charge in [0.1, 0.15) is 10.8 Å². The second-order valence-electron chi connectivity index (χ2n) is 5.80. The molecule has 2 aromatic carbocycles. The van der Waals surface area contributed by atoms with Gasteiger partial charge in [0.2, 0.25) is 0 Å². The van der Waals surface area contributed by atoms with E-state index < -0.39 is 17.7 Å². The van der Waals surface area contributed by atoms with Crippen molar-refractivity contribution >= 4 is 28.2 Å². The van der Waals surface area contributed by atoms with E-state index in [9.17, 15) is 14.0 Å². The average Bonchev–Trinajstić information content (AvgIpc) is 3.05. The van der Waals surface area contributed by atoms with Crippen LogP contribution < -0.4 is 5.32 Å². The van der Waals surface area contributed by atoms with Crippen LogP contribution in [0.4, 0.5) is 9.39 Å². The van der Waals surface area contributed by atoms with E-state index >= 15 is 0 Å². The lowest BCUT2D eigenvalue weighted by atomic mass is 10.1. The molecule has 0 aliphatic rings. The molecule has 0 fully saturated rings. The Hall–Kier alpha value is -2.99. The van der Waals surface area contributed by atoms with Crippen molar-refractivity contribution in [2.75, 3.05) is 11.9 Å². The van der Waals surface area contributed by atoms with Crippen molar-refractivity contribution in [1.29, 1.82) is 0 Å². The van der Waals surface area contributed by atoms with Gasteiger partial charge >= 0.3 is 5.97 Å². The van der Waals surface area contributed by atoms with Crippen molar-refractivity contribution in [1.82, 2.24) is 0 Å². The monoisotopic (exact) mass is 383 g/mol. The van der Waals surface area contributed by atoms with E-state index in [1.165, 1.54) is 35.6 Å². The first kappa shape index (κ1) is 18.8. The van der Waals surface area contributed by atoms with Crippen molar-refractivity contribution in [3.63, 3.8) is 0 Å². The maximum absolute atomic E-state index is 13.1. The first-order valence-electron chi connectivity index (χ1n) is 8.47. The quantitative estimate of drug-likeness (QED) is 0.616. The minimum absolute atomic E-state index is 0.244. The molecule has 0 unspecified atom stereocenters. The Morgan fingerprint density at radius 2 is 1.78 bits per heavy atom. The van der Waals surface area contributed by atoms with Crippen LogP contribution in [0.5, 0.6) is 0 Å². The second kappa shape index (κ2) is 8.60. The summed E-state index contributed by atoms with van der Waals surface area (Å²) >= 11 is 1.33. The number of amides is 1. The Balaban J connectivity index is 1.86. The maximum Gasteiger partial charge on any atom is 0.341 e. The third-order valence-corrected chi connectivity index (χ3v) is 4.88. The topological polar surface area (TPSA) is 55.4 Å². The minimum Gasteiger partial charge on any atom is -0.462 e.